The predicted octanol–water partition coefficient (Wildman–Crippen LogP) is 4.10. The Balaban J connectivity index is 2.08. The maximum absolute atomic E-state index is 6.02. The van der Waals surface area contributed by atoms with Gasteiger partial charge >= 0.3 is 0 Å². The van der Waals surface area contributed by atoms with Crippen molar-refractivity contribution in [1.82, 2.24) is 14.5 Å². The number of para-hydroxylation sites is 1. The minimum atomic E-state index is 0.0553. The fraction of sp³-hybridized carbons (Fsp3) is 0.400. The van der Waals surface area contributed by atoms with Gasteiger partial charge in [-0.3, -0.25) is 0 Å². The van der Waals surface area contributed by atoms with E-state index in [-0.39, 0.29) is 6.10 Å². The summed E-state index contributed by atoms with van der Waals surface area (Å²) in [5, 5.41) is 0. The molecule has 0 aliphatic heterocycles. The number of aryl methyl sites for hydroxylation is 1. The molecule has 1 unspecified atom stereocenters. The zero-order valence-electron chi connectivity index (χ0n) is 15.7. The van der Waals surface area contributed by atoms with Crippen LogP contribution >= 0.6 is 0 Å². The first-order valence-corrected chi connectivity index (χ1v) is 8.82. The number of rotatable bonds is 8. The van der Waals surface area contributed by atoms with E-state index in [9.17, 15) is 0 Å². The summed E-state index contributed by atoms with van der Waals surface area (Å²) in [6.45, 7) is 7.71. The fourth-order valence-electron chi connectivity index (χ4n) is 2.77. The maximum atomic E-state index is 6.02. The molecule has 0 N–H and O–H groups in total. The van der Waals surface area contributed by atoms with Crippen molar-refractivity contribution in [2.24, 2.45) is 0 Å². The molecule has 3 aromatic rings. The van der Waals surface area contributed by atoms with Gasteiger partial charge in [-0.15, -0.1) is 0 Å². The molecule has 0 saturated heterocycles. The van der Waals surface area contributed by atoms with Gasteiger partial charge in [-0.05, 0) is 39.0 Å². The number of ether oxygens (including phenoxy) is 3. The van der Waals surface area contributed by atoms with Crippen molar-refractivity contribution in [1.29, 1.82) is 0 Å². The van der Waals surface area contributed by atoms with Gasteiger partial charge in [0.25, 0.3) is 0 Å². The van der Waals surface area contributed by atoms with Crippen LogP contribution in [0.4, 0.5) is 0 Å². The summed E-state index contributed by atoms with van der Waals surface area (Å²) in [6, 6.07) is 11.6. The van der Waals surface area contributed by atoms with Crippen LogP contribution in [0.5, 0.6) is 11.6 Å². The Morgan fingerprint density at radius 3 is 2.62 bits per heavy atom. The van der Waals surface area contributed by atoms with E-state index in [1.54, 1.807) is 7.11 Å². The number of fused-ring (bicyclic) bond motifs is 1. The first kappa shape index (κ1) is 18.4. The molecule has 2 aromatic heterocycles. The quantitative estimate of drug-likeness (QED) is 0.609. The molecule has 0 fully saturated rings. The molecule has 1 atom stereocenters. The number of hydrogen-bond acceptors (Lipinski definition) is 5. The normalized spacial score (nSPS) is 12.5. The molecule has 0 spiro atoms. The lowest BCUT2D eigenvalue weighted by molar-refractivity contribution is 0.0959. The second-order valence-corrected chi connectivity index (χ2v) is 6.17. The second kappa shape index (κ2) is 8.29. The number of nitrogens with zero attached hydrogens (tertiary/aromatic N) is 3. The number of methoxy groups -OCH3 is 1. The van der Waals surface area contributed by atoms with E-state index in [4.69, 9.17) is 19.2 Å². The van der Waals surface area contributed by atoms with Crippen LogP contribution in [0.25, 0.3) is 11.0 Å². The molecule has 26 heavy (non-hydrogen) atoms. The summed E-state index contributed by atoms with van der Waals surface area (Å²) in [6.07, 6.45) is 0.0553. The van der Waals surface area contributed by atoms with E-state index in [2.05, 4.69) is 9.55 Å². The van der Waals surface area contributed by atoms with Crippen LogP contribution in [-0.2, 0) is 22.6 Å². The third kappa shape index (κ3) is 4.03. The third-order valence-corrected chi connectivity index (χ3v) is 4.15. The van der Waals surface area contributed by atoms with Crippen molar-refractivity contribution in [3.8, 4) is 11.6 Å². The average Bonchev–Trinajstić information content (AvgIpc) is 2.98. The van der Waals surface area contributed by atoms with Crippen molar-refractivity contribution in [2.75, 3.05) is 13.7 Å². The number of aromatic nitrogens is 3. The minimum absolute atomic E-state index is 0.0553. The van der Waals surface area contributed by atoms with Gasteiger partial charge in [0.2, 0.25) is 5.88 Å². The lowest BCUT2D eigenvalue weighted by Gasteiger charge is -2.14. The highest BCUT2D eigenvalue weighted by Crippen LogP contribution is 2.29. The van der Waals surface area contributed by atoms with Crippen LogP contribution < -0.4 is 4.74 Å². The topological polar surface area (TPSA) is 58.4 Å². The minimum Gasteiger partial charge on any atom is -0.437 e. The molecule has 6 heteroatoms. The summed E-state index contributed by atoms with van der Waals surface area (Å²) in [7, 11) is 1.71. The van der Waals surface area contributed by atoms with Gasteiger partial charge in [0, 0.05) is 19.4 Å². The van der Waals surface area contributed by atoms with Crippen molar-refractivity contribution in [3.05, 3.63) is 47.9 Å². The molecule has 0 amide bonds. The Morgan fingerprint density at radius 2 is 1.92 bits per heavy atom. The highest BCUT2D eigenvalue weighted by atomic mass is 16.5. The van der Waals surface area contributed by atoms with E-state index in [1.165, 1.54) is 0 Å². The Bertz CT molecular complexity index is 862. The lowest BCUT2D eigenvalue weighted by Crippen LogP contribution is -2.17. The molecule has 0 radical (unpaired) electrons. The lowest BCUT2D eigenvalue weighted by atomic mass is 10.3. The highest BCUT2D eigenvalue weighted by Gasteiger charge is 2.18. The largest absolute Gasteiger partial charge is 0.437 e. The van der Waals surface area contributed by atoms with Gasteiger partial charge in [0.05, 0.1) is 18.2 Å². The van der Waals surface area contributed by atoms with E-state index >= 15 is 0 Å². The Kier molecular flexibility index (Phi) is 5.85. The van der Waals surface area contributed by atoms with Crippen molar-refractivity contribution >= 4 is 11.0 Å². The molecule has 3 rings (SSSR count). The van der Waals surface area contributed by atoms with Gasteiger partial charge < -0.3 is 18.8 Å². The SMILES string of the molecule is CCOCc1nc2c(Oc3ccccc3)nc(C)cc2n1CC(C)OC. The van der Waals surface area contributed by atoms with E-state index < -0.39 is 0 Å². The van der Waals surface area contributed by atoms with Gasteiger partial charge in [-0.1, -0.05) is 18.2 Å². The number of benzene rings is 1. The molecule has 0 aliphatic rings. The monoisotopic (exact) mass is 355 g/mol. The van der Waals surface area contributed by atoms with Crippen LogP contribution in [0.1, 0.15) is 25.4 Å². The van der Waals surface area contributed by atoms with Crippen LogP contribution in [0.15, 0.2) is 36.4 Å². The van der Waals surface area contributed by atoms with Gasteiger partial charge in [-0.25, -0.2) is 9.97 Å². The Hall–Kier alpha value is -2.44. The second-order valence-electron chi connectivity index (χ2n) is 6.17. The summed E-state index contributed by atoms with van der Waals surface area (Å²) < 4.78 is 19.2. The molecular formula is C20H25N3O3. The molecule has 1 aromatic carbocycles. The molecule has 2 heterocycles. The molecule has 138 valence electrons. The van der Waals surface area contributed by atoms with E-state index in [1.807, 2.05) is 57.2 Å². The molecule has 0 aliphatic carbocycles. The zero-order chi connectivity index (χ0) is 18.5. The van der Waals surface area contributed by atoms with Crippen LogP contribution in [0.2, 0.25) is 0 Å². The standard InChI is InChI=1S/C20H25N3O3/c1-5-25-13-18-22-19-17(23(18)12-15(3)24-4)11-14(2)21-20(19)26-16-9-7-6-8-10-16/h6-11,15H,5,12-13H2,1-4H3. The molecule has 0 saturated carbocycles. The first-order valence-electron chi connectivity index (χ1n) is 8.82. The Morgan fingerprint density at radius 1 is 1.15 bits per heavy atom. The smallest absolute Gasteiger partial charge is 0.247 e. The maximum Gasteiger partial charge on any atom is 0.247 e. The van der Waals surface area contributed by atoms with Gasteiger partial charge in [-0.2, -0.15) is 0 Å². The van der Waals surface area contributed by atoms with Gasteiger partial charge in [0.1, 0.15) is 18.2 Å². The zero-order valence-corrected chi connectivity index (χ0v) is 15.7. The van der Waals surface area contributed by atoms with Crippen molar-refractivity contribution < 1.29 is 14.2 Å². The molecule has 6 nitrogen and oxygen atoms in total. The van der Waals surface area contributed by atoms with Crippen LogP contribution in [0.3, 0.4) is 0 Å². The number of hydrogen-bond donors (Lipinski definition) is 0. The highest BCUT2D eigenvalue weighted by molar-refractivity contribution is 5.81. The van der Waals surface area contributed by atoms with Crippen molar-refractivity contribution in [3.63, 3.8) is 0 Å². The van der Waals surface area contributed by atoms with E-state index in [0.29, 0.717) is 25.6 Å². The van der Waals surface area contributed by atoms with Crippen LogP contribution in [-0.4, -0.2) is 34.4 Å². The van der Waals surface area contributed by atoms with Crippen molar-refractivity contribution in [2.45, 2.75) is 40.0 Å². The number of pyridine rings is 1. The summed E-state index contributed by atoms with van der Waals surface area (Å²) >= 11 is 0. The molecule has 0 bridgehead atoms. The van der Waals surface area contributed by atoms with Gasteiger partial charge in [0.15, 0.2) is 5.52 Å². The summed E-state index contributed by atoms with van der Waals surface area (Å²) in [4.78, 5) is 9.33. The van der Waals surface area contributed by atoms with Crippen LogP contribution in [0, 0.1) is 6.92 Å². The third-order valence-electron chi connectivity index (χ3n) is 4.15. The molecular weight excluding hydrogens is 330 g/mol. The summed E-state index contributed by atoms with van der Waals surface area (Å²) in [5.41, 5.74) is 2.58. The summed E-state index contributed by atoms with van der Waals surface area (Å²) in [5.74, 6) is 2.09. The first-order chi connectivity index (χ1) is 12.6. The number of imidazole rings is 1. The average molecular weight is 355 g/mol. The van der Waals surface area contributed by atoms with E-state index in [0.717, 1.165) is 28.3 Å². The predicted molar refractivity (Wildman–Crippen MR) is 101 cm³/mol. The Labute approximate surface area is 153 Å². The fourth-order valence-corrected chi connectivity index (χ4v) is 2.77.